The maximum absolute atomic E-state index is 13.1. The van der Waals surface area contributed by atoms with Crippen LogP contribution in [0.5, 0.6) is 0 Å². The number of anilines is 1. The maximum Gasteiger partial charge on any atom is 0.242 e. The van der Waals surface area contributed by atoms with Crippen LogP contribution in [0.4, 0.5) is 10.1 Å². The highest BCUT2D eigenvalue weighted by molar-refractivity contribution is 5.84. The molecule has 1 saturated heterocycles. The monoisotopic (exact) mass is 397 g/mol. The van der Waals surface area contributed by atoms with E-state index in [1.807, 2.05) is 23.1 Å². The number of halogens is 1. The normalized spacial score (nSPS) is 14.0. The van der Waals surface area contributed by atoms with Gasteiger partial charge in [0.2, 0.25) is 11.8 Å². The first kappa shape index (κ1) is 20.8. The molecule has 1 aliphatic heterocycles. The first-order valence-corrected chi connectivity index (χ1v) is 10.1. The van der Waals surface area contributed by atoms with Crippen molar-refractivity contribution in [2.45, 2.75) is 19.8 Å². The molecule has 0 atom stereocenters. The Morgan fingerprint density at radius 1 is 0.966 bits per heavy atom. The van der Waals surface area contributed by atoms with Gasteiger partial charge in [-0.25, -0.2) is 4.39 Å². The van der Waals surface area contributed by atoms with Gasteiger partial charge in [-0.1, -0.05) is 30.3 Å². The van der Waals surface area contributed by atoms with Crippen molar-refractivity contribution >= 4 is 17.5 Å². The second-order valence-corrected chi connectivity index (χ2v) is 7.37. The van der Waals surface area contributed by atoms with Crippen molar-refractivity contribution in [1.29, 1.82) is 0 Å². The van der Waals surface area contributed by atoms with Gasteiger partial charge in [0.25, 0.3) is 0 Å². The Hall–Kier alpha value is -2.89. The Balaban J connectivity index is 1.46. The van der Waals surface area contributed by atoms with E-state index >= 15 is 0 Å². The number of carbonyl (C=O) groups is 2. The van der Waals surface area contributed by atoms with E-state index in [9.17, 15) is 14.0 Å². The van der Waals surface area contributed by atoms with Crippen LogP contribution in [-0.4, -0.2) is 60.9 Å². The molecule has 1 aliphatic rings. The molecule has 0 aromatic heterocycles. The Morgan fingerprint density at radius 2 is 1.62 bits per heavy atom. The minimum absolute atomic E-state index is 0.0151. The summed E-state index contributed by atoms with van der Waals surface area (Å²) in [6.45, 7) is 4.82. The smallest absolute Gasteiger partial charge is 0.242 e. The molecule has 0 aliphatic carbocycles. The van der Waals surface area contributed by atoms with Gasteiger partial charge in [-0.2, -0.15) is 0 Å². The number of nitrogens with zero attached hydrogens (tertiary/aromatic N) is 3. The van der Waals surface area contributed by atoms with Gasteiger partial charge in [0, 0.05) is 45.3 Å². The molecule has 0 N–H and O–H groups in total. The lowest BCUT2D eigenvalue weighted by molar-refractivity contribution is -0.139. The second kappa shape index (κ2) is 10.0. The van der Waals surface area contributed by atoms with Crippen molar-refractivity contribution in [3.63, 3.8) is 0 Å². The summed E-state index contributed by atoms with van der Waals surface area (Å²) in [7, 11) is 0. The predicted molar refractivity (Wildman–Crippen MR) is 112 cm³/mol. The van der Waals surface area contributed by atoms with E-state index in [-0.39, 0.29) is 24.2 Å². The fourth-order valence-corrected chi connectivity index (χ4v) is 3.60. The molecule has 6 heteroatoms. The van der Waals surface area contributed by atoms with Crippen LogP contribution in [0.25, 0.3) is 0 Å². The third kappa shape index (κ3) is 6.04. The highest BCUT2D eigenvalue weighted by Crippen LogP contribution is 2.17. The number of hydrogen-bond donors (Lipinski definition) is 0. The number of aryl methyl sites for hydroxylation is 1. The van der Waals surface area contributed by atoms with Crippen LogP contribution in [0.2, 0.25) is 0 Å². The fraction of sp³-hybridized carbons (Fsp3) is 0.391. The van der Waals surface area contributed by atoms with Crippen LogP contribution in [0.1, 0.15) is 18.9 Å². The molecule has 2 amide bonds. The summed E-state index contributed by atoms with van der Waals surface area (Å²) in [5.41, 5.74) is 2.20. The predicted octanol–water partition coefficient (Wildman–Crippen LogP) is 2.96. The SMILES string of the molecule is CC(=O)N(CCCc1ccccc1)CC(=O)N1CCN(c2ccc(F)cc2)CC1. The molecule has 154 valence electrons. The lowest BCUT2D eigenvalue weighted by atomic mass is 10.1. The summed E-state index contributed by atoms with van der Waals surface area (Å²) >= 11 is 0. The summed E-state index contributed by atoms with van der Waals surface area (Å²) in [6, 6.07) is 16.6. The molecule has 3 rings (SSSR count). The van der Waals surface area contributed by atoms with Crippen molar-refractivity contribution in [1.82, 2.24) is 9.80 Å². The van der Waals surface area contributed by atoms with Crippen LogP contribution < -0.4 is 4.90 Å². The first-order chi connectivity index (χ1) is 14.0. The lowest BCUT2D eigenvalue weighted by Crippen LogP contribution is -2.51. The maximum atomic E-state index is 13.1. The van der Waals surface area contributed by atoms with Crippen LogP contribution in [0, 0.1) is 5.82 Å². The molecule has 2 aromatic rings. The molecular formula is C23H28FN3O2. The Morgan fingerprint density at radius 3 is 2.24 bits per heavy atom. The number of carbonyl (C=O) groups excluding carboxylic acids is 2. The van der Waals surface area contributed by atoms with Gasteiger partial charge < -0.3 is 14.7 Å². The van der Waals surface area contributed by atoms with Crippen molar-refractivity contribution < 1.29 is 14.0 Å². The van der Waals surface area contributed by atoms with E-state index in [0.717, 1.165) is 18.5 Å². The van der Waals surface area contributed by atoms with Crippen molar-refractivity contribution in [2.75, 3.05) is 44.2 Å². The molecule has 0 saturated carbocycles. The van der Waals surface area contributed by atoms with Crippen molar-refractivity contribution in [2.24, 2.45) is 0 Å². The number of rotatable bonds is 7. The number of hydrogen-bond acceptors (Lipinski definition) is 3. The molecule has 1 fully saturated rings. The van der Waals surface area contributed by atoms with E-state index in [1.54, 1.807) is 17.0 Å². The quantitative estimate of drug-likeness (QED) is 0.722. The van der Waals surface area contributed by atoms with E-state index < -0.39 is 0 Å². The van der Waals surface area contributed by atoms with E-state index in [1.165, 1.54) is 24.6 Å². The van der Waals surface area contributed by atoms with Crippen molar-refractivity contribution in [3.05, 3.63) is 66.0 Å². The summed E-state index contributed by atoms with van der Waals surface area (Å²) in [6.07, 6.45) is 1.71. The molecule has 0 bridgehead atoms. The summed E-state index contributed by atoms with van der Waals surface area (Å²) < 4.78 is 13.1. The molecule has 0 unspecified atom stereocenters. The van der Waals surface area contributed by atoms with Gasteiger partial charge >= 0.3 is 0 Å². The molecule has 2 aromatic carbocycles. The topological polar surface area (TPSA) is 43.9 Å². The first-order valence-electron chi connectivity index (χ1n) is 10.1. The van der Waals surface area contributed by atoms with Gasteiger partial charge in [-0.3, -0.25) is 9.59 Å². The third-order valence-corrected chi connectivity index (χ3v) is 5.33. The van der Waals surface area contributed by atoms with Crippen LogP contribution in [0.15, 0.2) is 54.6 Å². The number of benzene rings is 2. The molecule has 5 nitrogen and oxygen atoms in total. The van der Waals surface area contributed by atoms with Crippen LogP contribution in [0.3, 0.4) is 0 Å². The standard InChI is InChI=1S/C23H28FN3O2/c1-19(28)27(13-5-8-20-6-3-2-4-7-20)18-23(29)26-16-14-25(15-17-26)22-11-9-21(24)10-12-22/h2-4,6-7,9-12H,5,8,13-18H2,1H3. The zero-order valence-corrected chi connectivity index (χ0v) is 16.9. The highest BCUT2D eigenvalue weighted by Gasteiger charge is 2.23. The summed E-state index contributed by atoms with van der Waals surface area (Å²) in [5.74, 6) is -0.339. The van der Waals surface area contributed by atoms with Crippen LogP contribution in [-0.2, 0) is 16.0 Å². The van der Waals surface area contributed by atoms with Gasteiger partial charge in [-0.05, 0) is 42.7 Å². The largest absolute Gasteiger partial charge is 0.368 e. The summed E-state index contributed by atoms with van der Waals surface area (Å²) in [4.78, 5) is 30.3. The van der Waals surface area contributed by atoms with Gasteiger partial charge in [0.1, 0.15) is 5.82 Å². The average molecular weight is 397 g/mol. The Labute approximate surface area is 171 Å². The second-order valence-electron chi connectivity index (χ2n) is 7.37. The number of piperazine rings is 1. The van der Waals surface area contributed by atoms with Crippen molar-refractivity contribution in [3.8, 4) is 0 Å². The molecule has 1 heterocycles. The van der Waals surface area contributed by atoms with E-state index in [4.69, 9.17) is 0 Å². The van der Waals surface area contributed by atoms with Gasteiger partial charge in [-0.15, -0.1) is 0 Å². The summed E-state index contributed by atoms with van der Waals surface area (Å²) in [5, 5.41) is 0. The molecular weight excluding hydrogens is 369 g/mol. The number of amides is 2. The average Bonchev–Trinajstić information content (AvgIpc) is 2.74. The zero-order chi connectivity index (χ0) is 20.6. The lowest BCUT2D eigenvalue weighted by Gasteiger charge is -2.37. The van der Waals surface area contributed by atoms with Gasteiger partial charge in [0.05, 0.1) is 6.54 Å². The Kier molecular flexibility index (Phi) is 7.22. The fourth-order valence-electron chi connectivity index (χ4n) is 3.60. The van der Waals surface area contributed by atoms with E-state index in [2.05, 4.69) is 17.0 Å². The highest BCUT2D eigenvalue weighted by atomic mass is 19.1. The Bertz CT molecular complexity index is 803. The molecule has 0 radical (unpaired) electrons. The third-order valence-electron chi connectivity index (χ3n) is 5.33. The van der Waals surface area contributed by atoms with Crippen LogP contribution >= 0.6 is 0 Å². The molecule has 0 spiro atoms. The minimum atomic E-state index is -0.251. The van der Waals surface area contributed by atoms with E-state index in [0.29, 0.717) is 32.7 Å². The zero-order valence-electron chi connectivity index (χ0n) is 16.9. The minimum Gasteiger partial charge on any atom is -0.368 e. The van der Waals surface area contributed by atoms with Gasteiger partial charge in [0.15, 0.2) is 0 Å². The molecule has 29 heavy (non-hydrogen) atoms.